The normalized spacial score (nSPS) is 17.4. The van der Waals surface area contributed by atoms with Gasteiger partial charge < -0.3 is 9.47 Å². The fourth-order valence-electron chi connectivity index (χ4n) is 1.98. The lowest BCUT2D eigenvalue weighted by molar-refractivity contribution is 0.134. The molecule has 1 aromatic carbocycles. The molecule has 1 aliphatic heterocycles. The maximum absolute atomic E-state index is 5.85. The summed E-state index contributed by atoms with van der Waals surface area (Å²) in [4.78, 5) is 0. The van der Waals surface area contributed by atoms with Gasteiger partial charge in [-0.3, -0.25) is 0 Å². The SMILES string of the molecule is COc1cc(C)cc2c1OC(C)(C)C2. The summed E-state index contributed by atoms with van der Waals surface area (Å²) in [5, 5.41) is 0. The second-order valence-electron chi connectivity index (χ2n) is 4.49. The molecule has 76 valence electrons. The third-order valence-electron chi connectivity index (χ3n) is 2.49. The van der Waals surface area contributed by atoms with E-state index in [2.05, 4.69) is 26.8 Å². The van der Waals surface area contributed by atoms with Crippen LogP contribution in [0, 0.1) is 6.92 Å². The molecule has 2 nitrogen and oxygen atoms in total. The van der Waals surface area contributed by atoms with Crippen molar-refractivity contribution in [1.29, 1.82) is 0 Å². The van der Waals surface area contributed by atoms with Gasteiger partial charge in [0.15, 0.2) is 11.5 Å². The Morgan fingerprint density at radius 3 is 2.71 bits per heavy atom. The van der Waals surface area contributed by atoms with Gasteiger partial charge in [0.05, 0.1) is 7.11 Å². The Bertz CT molecular complexity index is 367. The summed E-state index contributed by atoms with van der Waals surface area (Å²) < 4.78 is 11.2. The van der Waals surface area contributed by atoms with Crippen molar-refractivity contribution in [2.45, 2.75) is 32.8 Å². The van der Waals surface area contributed by atoms with Crippen LogP contribution in [0.1, 0.15) is 25.0 Å². The second kappa shape index (κ2) is 2.91. The molecule has 0 aliphatic carbocycles. The highest BCUT2D eigenvalue weighted by Gasteiger charge is 2.32. The monoisotopic (exact) mass is 192 g/mol. The first-order valence-electron chi connectivity index (χ1n) is 4.88. The molecule has 0 unspecified atom stereocenters. The van der Waals surface area contributed by atoms with Crippen LogP contribution in [0.2, 0.25) is 0 Å². The minimum atomic E-state index is -0.0938. The van der Waals surface area contributed by atoms with Gasteiger partial charge in [0.2, 0.25) is 0 Å². The summed E-state index contributed by atoms with van der Waals surface area (Å²) in [6.07, 6.45) is 0.959. The zero-order valence-corrected chi connectivity index (χ0v) is 9.18. The maximum Gasteiger partial charge on any atom is 0.165 e. The second-order valence-corrected chi connectivity index (χ2v) is 4.49. The Morgan fingerprint density at radius 2 is 2.07 bits per heavy atom. The van der Waals surface area contributed by atoms with E-state index in [9.17, 15) is 0 Å². The van der Waals surface area contributed by atoms with Crippen LogP contribution in [-0.2, 0) is 6.42 Å². The molecule has 2 rings (SSSR count). The van der Waals surface area contributed by atoms with Gasteiger partial charge in [-0.1, -0.05) is 6.07 Å². The summed E-state index contributed by atoms with van der Waals surface area (Å²) in [7, 11) is 1.68. The first-order chi connectivity index (χ1) is 6.52. The Labute approximate surface area is 84.8 Å². The van der Waals surface area contributed by atoms with Crippen molar-refractivity contribution in [2.75, 3.05) is 7.11 Å². The Balaban J connectivity index is 2.50. The number of rotatable bonds is 1. The average Bonchev–Trinajstić information content (AvgIpc) is 2.37. The van der Waals surface area contributed by atoms with Gasteiger partial charge in [-0.25, -0.2) is 0 Å². The molecule has 1 heterocycles. The molecular formula is C12H16O2. The summed E-state index contributed by atoms with van der Waals surface area (Å²) in [6, 6.07) is 4.19. The molecule has 0 fully saturated rings. The van der Waals surface area contributed by atoms with Gasteiger partial charge in [0.1, 0.15) is 5.60 Å². The Kier molecular flexibility index (Phi) is 1.95. The number of ether oxygens (including phenoxy) is 2. The molecule has 2 heteroatoms. The highest BCUT2D eigenvalue weighted by atomic mass is 16.5. The van der Waals surface area contributed by atoms with E-state index < -0.39 is 0 Å². The minimum absolute atomic E-state index is 0.0938. The van der Waals surface area contributed by atoms with Crippen LogP contribution in [0.25, 0.3) is 0 Å². The van der Waals surface area contributed by atoms with Crippen molar-refractivity contribution in [3.05, 3.63) is 23.3 Å². The van der Waals surface area contributed by atoms with Crippen molar-refractivity contribution >= 4 is 0 Å². The van der Waals surface area contributed by atoms with E-state index in [1.807, 2.05) is 6.07 Å². The van der Waals surface area contributed by atoms with Crippen LogP contribution in [0.5, 0.6) is 11.5 Å². The van der Waals surface area contributed by atoms with E-state index in [0.717, 1.165) is 17.9 Å². The van der Waals surface area contributed by atoms with Crippen LogP contribution in [0.3, 0.4) is 0 Å². The van der Waals surface area contributed by atoms with Crippen LogP contribution in [-0.4, -0.2) is 12.7 Å². The minimum Gasteiger partial charge on any atom is -0.493 e. The molecule has 14 heavy (non-hydrogen) atoms. The van der Waals surface area contributed by atoms with E-state index in [-0.39, 0.29) is 5.60 Å². The van der Waals surface area contributed by atoms with Gasteiger partial charge in [-0.05, 0) is 32.4 Å². The van der Waals surface area contributed by atoms with Crippen LogP contribution >= 0.6 is 0 Å². The van der Waals surface area contributed by atoms with Crippen molar-refractivity contribution < 1.29 is 9.47 Å². The Hall–Kier alpha value is -1.18. The zero-order chi connectivity index (χ0) is 10.3. The van der Waals surface area contributed by atoms with E-state index in [1.165, 1.54) is 11.1 Å². The quantitative estimate of drug-likeness (QED) is 0.681. The van der Waals surface area contributed by atoms with Crippen molar-refractivity contribution in [1.82, 2.24) is 0 Å². The predicted octanol–water partition coefficient (Wildman–Crippen LogP) is 2.72. The molecule has 0 saturated heterocycles. The number of benzene rings is 1. The molecule has 0 spiro atoms. The number of methoxy groups -OCH3 is 1. The third kappa shape index (κ3) is 1.45. The van der Waals surface area contributed by atoms with Crippen LogP contribution in [0.4, 0.5) is 0 Å². The molecule has 0 bridgehead atoms. The lowest BCUT2D eigenvalue weighted by atomic mass is 10.0. The van der Waals surface area contributed by atoms with Crippen LogP contribution < -0.4 is 9.47 Å². The molecule has 0 N–H and O–H groups in total. The molecule has 1 aromatic rings. The van der Waals surface area contributed by atoms with Crippen molar-refractivity contribution in [2.24, 2.45) is 0 Å². The van der Waals surface area contributed by atoms with Gasteiger partial charge in [-0.15, -0.1) is 0 Å². The first-order valence-corrected chi connectivity index (χ1v) is 4.88. The molecule has 0 radical (unpaired) electrons. The van der Waals surface area contributed by atoms with Gasteiger partial charge in [0, 0.05) is 12.0 Å². The predicted molar refractivity (Wildman–Crippen MR) is 56.1 cm³/mol. The van der Waals surface area contributed by atoms with E-state index >= 15 is 0 Å². The topological polar surface area (TPSA) is 18.5 Å². The Morgan fingerprint density at radius 1 is 1.36 bits per heavy atom. The van der Waals surface area contributed by atoms with Gasteiger partial charge in [-0.2, -0.15) is 0 Å². The molecular weight excluding hydrogens is 176 g/mol. The van der Waals surface area contributed by atoms with Gasteiger partial charge >= 0.3 is 0 Å². The van der Waals surface area contributed by atoms with Crippen LogP contribution in [0.15, 0.2) is 12.1 Å². The lowest BCUT2D eigenvalue weighted by Gasteiger charge is -2.17. The number of fused-ring (bicyclic) bond motifs is 1. The molecule has 0 aromatic heterocycles. The first kappa shape index (κ1) is 9.38. The highest BCUT2D eigenvalue weighted by Crippen LogP contribution is 2.42. The molecule has 0 atom stereocenters. The summed E-state index contributed by atoms with van der Waals surface area (Å²) in [5.74, 6) is 1.77. The van der Waals surface area contributed by atoms with Gasteiger partial charge in [0.25, 0.3) is 0 Å². The standard InChI is InChI=1S/C12H16O2/c1-8-5-9-7-12(2,3)14-11(9)10(6-8)13-4/h5-6H,7H2,1-4H3. The maximum atomic E-state index is 5.85. The summed E-state index contributed by atoms with van der Waals surface area (Å²) in [6.45, 7) is 6.28. The summed E-state index contributed by atoms with van der Waals surface area (Å²) >= 11 is 0. The largest absolute Gasteiger partial charge is 0.493 e. The number of aryl methyl sites for hydroxylation is 1. The number of hydrogen-bond acceptors (Lipinski definition) is 2. The fraction of sp³-hybridized carbons (Fsp3) is 0.500. The number of hydrogen-bond donors (Lipinski definition) is 0. The van der Waals surface area contributed by atoms with E-state index in [1.54, 1.807) is 7.11 Å². The average molecular weight is 192 g/mol. The smallest absolute Gasteiger partial charge is 0.165 e. The highest BCUT2D eigenvalue weighted by molar-refractivity contribution is 5.52. The molecule has 1 aliphatic rings. The molecule has 0 saturated carbocycles. The van der Waals surface area contributed by atoms with Crippen molar-refractivity contribution in [3.8, 4) is 11.5 Å². The summed E-state index contributed by atoms with van der Waals surface area (Å²) in [5.41, 5.74) is 2.39. The van der Waals surface area contributed by atoms with E-state index in [4.69, 9.17) is 9.47 Å². The zero-order valence-electron chi connectivity index (χ0n) is 9.18. The fourth-order valence-corrected chi connectivity index (χ4v) is 1.98. The van der Waals surface area contributed by atoms with Crippen molar-refractivity contribution in [3.63, 3.8) is 0 Å². The molecule has 0 amide bonds. The van der Waals surface area contributed by atoms with E-state index in [0.29, 0.717) is 0 Å². The lowest BCUT2D eigenvalue weighted by Crippen LogP contribution is -2.24. The third-order valence-corrected chi connectivity index (χ3v) is 2.49.